The summed E-state index contributed by atoms with van der Waals surface area (Å²) in [5.74, 6) is 0. The molecule has 0 saturated carbocycles. The lowest BCUT2D eigenvalue weighted by atomic mass is 9.91. The van der Waals surface area contributed by atoms with Gasteiger partial charge in [0.15, 0.2) is 0 Å². The maximum absolute atomic E-state index is 12.5. The number of amides is 2. The van der Waals surface area contributed by atoms with E-state index < -0.39 is 5.60 Å². The zero-order chi connectivity index (χ0) is 21.7. The van der Waals surface area contributed by atoms with Gasteiger partial charge in [0.25, 0.3) is 0 Å². The molecule has 2 aliphatic rings. The van der Waals surface area contributed by atoms with Crippen LogP contribution in [0.3, 0.4) is 0 Å². The Labute approximate surface area is 179 Å². The molecule has 0 radical (unpaired) electrons. The third kappa shape index (κ3) is 5.53. The molecule has 2 aliphatic heterocycles. The largest absolute Gasteiger partial charge is 0.445 e. The number of ether oxygens (including phenoxy) is 2. The highest BCUT2D eigenvalue weighted by Crippen LogP contribution is 2.29. The molecule has 0 bridgehead atoms. The molecule has 7 heteroatoms. The summed E-state index contributed by atoms with van der Waals surface area (Å²) >= 11 is 0. The summed E-state index contributed by atoms with van der Waals surface area (Å²) in [4.78, 5) is 30.7. The van der Waals surface area contributed by atoms with Gasteiger partial charge < -0.3 is 19.3 Å². The summed E-state index contributed by atoms with van der Waals surface area (Å²) in [6.07, 6.45) is 2.04. The first-order valence-corrected chi connectivity index (χ1v) is 10.6. The van der Waals surface area contributed by atoms with Crippen molar-refractivity contribution >= 4 is 12.2 Å². The molecule has 0 spiro atoms. The molecule has 2 saturated heterocycles. The average molecular weight is 416 g/mol. The second-order valence-corrected chi connectivity index (χ2v) is 8.85. The van der Waals surface area contributed by atoms with Gasteiger partial charge in [0.1, 0.15) is 12.2 Å². The van der Waals surface area contributed by atoms with Crippen molar-refractivity contribution in [2.75, 3.05) is 32.7 Å². The number of hydrogen-bond acceptors (Lipinski definition) is 5. The minimum Gasteiger partial charge on any atom is -0.445 e. The van der Waals surface area contributed by atoms with Crippen molar-refractivity contribution in [1.29, 1.82) is 0 Å². The summed E-state index contributed by atoms with van der Waals surface area (Å²) in [7, 11) is 0. The van der Waals surface area contributed by atoms with Crippen LogP contribution in [0.5, 0.6) is 0 Å². The Morgan fingerprint density at radius 1 is 1.10 bits per heavy atom. The van der Waals surface area contributed by atoms with Crippen LogP contribution >= 0.6 is 0 Å². The van der Waals surface area contributed by atoms with Crippen LogP contribution in [0.25, 0.3) is 0 Å². The molecule has 0 unspecified atom stereocenters. The number of rotatable bonds is 5. The predicted molar refractivity (Wildman–Crippen MR) is 115 cm³/mol. The van der Waals surface area contributed by atoms with E-state index >= 15 is 0 Å². The number of carbonyl (C=O) groups excluding carboxylic acids is 2. The minimum absolute atomic E-state index is 0.0638. The van der Waals surface area contributed by atoms with Crippen molar-refractivity contribution in [1.82, 2.24) is 14.7 Å². The molecule has 164 valence electrons. The van der Waals surface area contributed by atoms with Gasteiger partial charge in [-0.25, -0.2) is 9.59 Å². The van der Waals surface area contributed by atoms with Crippen LogP contribution < -0.4 is 0 Å². The van der Waals surface area contributed by atoms with Crippen molar-refractivity contribution in [2.24, 2.45) is 0 Å². The van der Waals surface area contributed by atoms with Gasteiger partial charge in [0, 0.05) is 38.8 Å². The lowest BCUT2D eigenvalue weighted by molar-refractivity contribution is -0.0574. The lowest BCUT2D eigenvalue weighted by Gasteiger charge is -2.53. The first kappa shape index (κ1) is 22.2. The molecule has 1 aromatic rings. The first-order valence-electron chi connectivity index (χ1n) is 10.6. The van der Waals surface area contributed by atoms with Gasteiger partial charge in [0.05, 0.1) is 6.04 Å². The van der Waals surface area contributed by atoms with Crippen molar-refractivity contribution in [3.8, 4) is 0 Å². The third-order valence-electron chi connectivity index (χ3n) is 5.51. The van der Waals surface area contributed by atoms with Crippen LogP contribution in [-0.4, -0.2) is 77.3 Å². The highest BCUT2D eigenvalue weighted by Gasteiger charge is 2.46. The van der Waals surface area contributed by atoms with Crippen molar-refractivity contribution < 1.29 is 19.1 Å². The van der Waals surface area contributed by atoms with E-state index in [0.717, 1.165) is 25.1 Å². The number of likely N-dealkylation sites (tertiary alicyclic amines) is 1. The van der Waals surface area contributed by atoms with Gasteiger partial charge in [-0.1, -0.05) is 36.4 Å². The van der Waals surface area contributed by atoms with Gasteiger partial charge in [-0.2, -0.15) is 0 Å². The molecule has 1 aromatic carbocycles. The molecule has 2 amide bonds. The van der Waals surface area contributed by atoms with Crippen molar-refractivity contribution in [2.45, 2.75) is 51.5 Å². The third-order valence-corrected chi connectivity index (χ3v) is 5.51. The Kier molecular flexibility index (Phi) is 7.02. The van der Waals surface area contributed by atoms with Crippen LogP contribution in [0.15, 0.2) is 43.0 Å². The first-order chi connectivity index (χ1) is 14.3. The lowest BCUT2D eigenvalue weighted by Crippen LogP contribution is -2.70. The second kappa shape index (κ2) is 9.51. The molecule has 2 heterocycles. The smallest absolute Gasteiger partial charge is 0.410 e. The van der Waals surface area contributed by atoms with E-state index in [1.54, 1.807) is 9.80 Å². The van der Waals surface area contributed by atoms with E-state index in [1.165, 1.54) is 0 Å². The van der Waals surface area contributed by atoms with Gasteiger partial charge in [-0.05, 0) is 32.8 Å². The predicted octanol–water partition coefficient (Wildman–Crippen LogP) is 3.50. The van der Waals surface area contributed by atoms with Gasteiger partial charge in [0.2, 0.25) is 0 Å². The number of benzene rings is 1. The van der Waals surface area contributed by atoms with Crippen LogP contribution in [0, 0.1) is 0 Å². The van der Waals surface area contributed by atoms with Gasteiger partial charge in [-0.3, -0.25) is 4.90 Å². The van der Waals surface area contributed by atoms with E-state index in [4.69, 9.17) is 9.47 Å². The van der Waals surface area contributed by atoms with Crippen LogP contribution in [-0.2, 0) is 16.1 Å². The summed E-state index contributed by atoms with van der Waals surface area (Å²) in [5.41, 5.74) is 0.473. The Morgan fingerprint density at radius 2 is 1.77 bits per heavy atom. The molecule has 2 atom stereocenters. The summed E-state index contributed by atoms with van der Waals surface area (Å²) in [5, 5.41) is 0. The minimum atomic E-state index is -0.507. The molecular weight excluding hydrogens is 382 g/mol. The zero-order valence-corrected chi connectivity index (χ0v) is 18.3. The van der Waals surface area contributed by atoms with Crippen molar-refractivity contribution in [3.63, 3.8) is 0 Å². The Hall–Kier alpha value is -2.54. The highest BCUT2D eigenvalue weighted by atomic mass is 16.6. The van der Waals surface area contributed by atoms with E-state index in [0.29, 0.717) is 19.6 Å². The van der Waals surface area contributed by atoms with E-state index in [2.05, 4.69) is 11.5 Å². The zero-order valence-electron chi connectivity index (χ0n) is 18.3. The molecule has 3 rings (SSSR count). The highest BCUT2D eigenvalue weighted by molar-refractivity contribution is 5.70. The molecule has 0 aromatic heterocycles. The number of hydrogen-bond donors (Lipinski definition) is 0. The normalized spacial score (nSPS) is 22.2. The van der Waals surface area contributed by atoms with E-state index in [1.807, 2.05) is 57.2 Å². The van der Waals surface area contributed by atoms with Crippen LogP contribution in [0.2, 0.25) is 0 Å². The average Bonchev–Trinajstić information content (AvgIpc) is 2.69. The fraction of sp³-hybridized carbons (Fsp3) is 0.565. The second-order valence-electron chi connectivity index (χ2n) is 8.85. The Morgan fingerprint density at radius 3 is 2.37 bits per heavy atom. The Bertz CT molecular complexity index is 739. The standard InChI is InChI=1S/C23H33N3O4/c1-5-9-19-20(16-26(19)22(28)30-23(2,3)4)24-12-14-25(15-13-24)21(27)29-17-18-10-7-6-8-11-18/h5-8,10-11,19-20H,1,9,12-17H2,2-4H3/t19-,20+/m0/s1. The van der Waals surface area contributed by atoms with Crippen LogP contribution in [0.4, 0.5) is 9.59 Å². The maximum Gasteiger partial charge on any atom is 0.410 e. The fourth-order valence-electron chi connectivity index (χ4n) is 3.92. The van der Waals surface area contributed by atoms with Crippen LogP contribution in [0.1, 0.15) is 32.8 Å². The maximum atomic E-state index is 12.5. The molecule has 0 aliphatic carbocycles. The summed E-state index contributed by atoms with van der Waals surface area (Å²) in [6, 6.07) is 10.0. The van der Waals surface area contributed by atoms with Gasteiger partial charge >= 0.3 is 12.2 Å². The van der Waals surface area contributed by atoms with Gasteiger partial charge in [-0.15, -0.1) is 6.58 Å². The SMILES string of the molecule is C=CC[C@H]1[C@H](N2CCN(C(=O)OCc3ccccc3)CC2)CN1C(=O)OC(C)(C)C. The molecule has 30 heavy (non-hydrogen) atoms. The van der Waals surface area contributed by atoms with E-state index in [-0.39, 0.29) is 30.9 Å². The fourth-order valence-corrected chi connectivity index (χ4v) is 3.92. The summed E-state index contributed by atoms with van der Waals surface area (Å²) in [6.45, 7) is 13.2. The number of carbonyl (C=O) groups is 2. The molecule has 2 fully saturated rings. The van der Waals surface area contributed by atoms with Crippen molar-refractivity contribution in [3.05, 3.63) is 48.6 Å². The monoisotopic (exact) mass is 415 g/mol. The van der Waals surface area contributed by atoms with E-state index in [9.17, 15) is 9.59 Å². The quantitative estimate of drug-likeness (QED) is 0.689. The molecular formula is C23H33N3O4. The number of nitrogens with zero attached hydrogens (tertiary/aromatic N) is 3. The topological polar surface area (TPSA) is 62.3 Å². The summed E-state index contributed by atoms with van der Waals surface area (Å²) < 4.78 is 11.0. The number of piperazine rings is 1. The molecule has 0 N–H and O–H groups in total. The Balaban J connectivity index is 1.47. The molecule has 7 nitrogen and oxygen atoms in total.